The molecule has 0 aliphatic carbocycles. The number of aldehydes is 1. The fourth-order valence-electron chi connectivity index (χ4n) is 2.39. The highest BCUT2D eigenvalue weighted by Gasteiger charge is 2.26. The number of benzene rings is 1. The van der Waals surface area contributed by atoms with Crippen molar-refractivity contribution >= 4 is 24.0 Å². The van der Waals surface area contributed by atoms with Gasteiger partial charge in [0.15, 0.2) is 0 Å². The molecule has 2 rings (SSSR count). The summed E-state index contributed by atoms with van der Waals surface area (Å²) in [6.07, 6.45) is 0.699. The van der Waals surface area contributed by atoms with E-state index in [-0.39, 0.29) is 12.0 Å². The summed E-state index contributed by atoms with van der Waals surface area (Å²) in [4.78, 5) is 25.6. The van der Waals surface area contributed by atoms with E-state index in [9.17, 15) is 14.0 Å². The van der Waals surface area contributed by atoms with E-state index >= 15 is 0 Å². The first-order valence-electron chi connectivity index (χ1n) is 7.70. The van der Waals surface area contributed by atoms with E-state index in [0.717, 1.165) is 0 Å². The first-order valence-corrected chi connectivity index (χ1v) is 8.75. The van der Waals surface area contributed by atoms with Crippen LogP contribution in [0.1, 0.15) is 10.4 Å². The molecule has 0 bridgehead atoms. The van der Waals surface area contributed by atoms with Gasteiger partial charge in [-0.15, -0.1) is 11.8 Å². The Hall–Kier alpha value is -1.48. The summed E-state index contributed by atoms with van der Waals surface area (Å²) in [5.74, 6) is -0.256. The summed E-state index contributed by atoms with van der Waals surface area (Å²) < 4.78 is 18.3. The minimum absolute atomic E-state index is 0.0380. The lowest BCUT2D eigenvalue weighted by Crippen LogP contribution is -2.51. The summed E-state index contributed by atoms with van der Waals surface area (Å²) in [5.41, 5.74) is 0.302. The zero-order valence-corrected chi connectivity index (χ0v) is 14.0. The van der Waals surface area contributed by atoms with Crippen molar-refractivity contribution in [1.29, 1.82) is 0 Å². The number of nitrogens with one attached hydrogen (secondary N) is 1. The van der Waals surface area contributed by atoms with E-state index in [1.807, 2.05) is 0 Å². The van der Waals surface area contributed by atoms with E-state index in [2.05, 4.69) is 10.2 Å². The summed E-state index contributed by atoms with van der Waals surface area (Å²) >= 11 is 1.56. The largest absolute Gasteiger partial charge is 0.396 e. The molecule has 6 nitrogen and oxygen atoms in total. The molecule has 2 atom stereocenters. The third-order valence-corrected chi connectivity index (χ3v) is 4.85. The fraction of sp³-hybridized carbons (Fsp3) is 0.500. The maximum atomic E-state index is 12.9. The lowest BCUT2D eigenvalue weighted by atomic mass is 10.2. The Bertz CT molecular complexity index is 543. The molecule has 2 N–H and O–H groups in total. The van der Waals surface area contributed by atoms with Crippen LogP contribution in [0.15, 0.2) is 24.3 Å². The predicted octanol–water partition coefficient (Wildman–Crippen LogP) is 0.507. The van der Waals surface area contributed by atoms with Crippen LogP contribution >= 0.6 is 11.8 Å². The molecular weight excluding hydrogens is 335 g/mol. The van der Waals surface area contributed by atoms with Crippen LogP contribution in [0.2, 0.25) is 0 Å². The summed E-state index contributed by atoms with van der Waals surface area (Å²) in [6, 6.07) is 4.49. The quantitative estimate of drug-likeness (QED) is 0.661. The molecule has 1 aromatic carbocycles. The van der Waals surface area contributed by atoms with Gasteiger partial charge in [0, 0.05) is 24.4 Å². The van der Waals surface area contributed by atoms with Crippen molar-refractivity contribution in [2.45, 2.75) is 11.4 Å². The van der Waals surface area contributed by atoms with Gasteiger partial charge >= 0.3 is 0 Å². The molecule has 2 unspecified atom stereocenters. The second kappa shape index (κ2) is 9.73. The van der Waals surface area contributed by atoms with E-state index in [1.165, 1.54) is 24.3 Å². The first kappa shape index (κ1) is 18.9. The molecule has 1 amide bonds. The molecule has 1 heterocycles. The van der Waals surface area contributed by atoms with Gasteiger partial charge in [-0.3, -0.25) is 9.69 Å². The van der Waals surface area contributed by atoms with Crippen LogP contribution in [0.3, 0.4) is 0 Å². The van der Waals surface area contributed by atoms with Crippen molar-refractivity contribution in [1.82, 2.24) is 10.2 Å². The Morgan fingerprint density at radius 2 is 2.25 bits per heavy atom. The van der Waals surface area contributed by atoms with Gasteiger partial charge in [-0.25, -0.2) is 4.39 Å². The standard InChI is InChI=1S/C16H21FN2O4S/c17-13-3-1-12(2-4-13)16(22)18-14(10-21)9-19-5-7-23-11-15(19)24-8-6-20/h1-4,10,14-15,20H,5-9,11H2,(H,18,22). The van der Waals surface area contributed by atoms with Crippen molar-refractivity contribution in [2.75, 3.05) is 38.7 Å². The van der Waals surface area contributed by atoms with Crippen LogP contribution in [0.25, 0.3) is 0 Å². The zero-order chi connectivity index (χ0) is 17.4. The zero-order valence-electron chi connectivity index (χ0n) is 13.2. The minimum Gasteiger partial charge on any atom is -0.396 e. The third kappa shape index (κ3) is 5.55. The number of amides is 1. The lowest BCUT2D eigenvalue weighted by molar-refractivity contribution is -0.110. The summed E-state index contributed by atoms with van der Waals surface area (Å²) in [6.45, 7) is 2.17. The second-order valence-electron chi connectivity index (χ2n) is 5.34. The van der Waals surface area contributed by atoms with Gasteiger partial charge in [0.05, 0.1) is 31.2 Å². The van der Waals surface area contributed by atoms with Gasteiger partial charge in [0.2, 0.25) is 0 Å². The topological polar surface area (TPSA) is 78.9 Å². The van der Waals surface area contributed by atoms with Crippen molar-refractivity contribution in [2.24, 2.45) is 0 Å². The number of carbonyl (C=O) groups excluding carboxylic acids is 2. The number of aliphatic hydroxyl groups is 1. The van der Waals surface area contributed by atoms with Crippen LogP contribution in [-0.2, 0) is 9.53 Å². The molecular formula is C16H21FN2O4S. The number of nitrogens with zero attached hydrogens (tertiary/aromatic N) is 1. The molecule has 24 heavy (non-hydrogen) atoms. The molecule has 1 aliphatic heterocycles. The smallest absolute Gasteiger partial charge is 0.251 e. The Morgan fingerprint density at radius 3 is 2.92 bits per heavy atom. The fourth-order valence-corrected chi connectivity index (χ4v) is 3.37. The van der Waals surface area contributed by atoms with Crippen molar-refractivity contribution in [3.8, 4) is 0 Å². The second-order valence-corrected chi connectivity index (χ2v) is 6.63. The van der Waals surface area contributed by atoms with E-state index < -0.39 is 17.8 Å². The average molecular weight is 356 g/mol. The van der Waals surface area contributed by atoms with Crippen LogP contribution in [-0.4, -0.2) is 72.3 Å². The van der Waals surface area contributed by atoms with Gasteiger partial charge in [-0.05, 0) is 24.3 Å². The molecule has 1 aromatic rings. The molecule has 1 saturated heterocycles. The Labute approximate surface area is 144 Å². The van der Waals surface area contributed by atoms with E-state index in [4.69, 9.17) is 9.84 Å². The van der Waals surface area contributed by atoms with Crippen molar-refractivity contribution in [3.63, 3.8) is 0 Å². The van der Waals surface area contributed by atoms with Crippen LogP contribution in [0, 0.1) is 5.82 Å². The maximum Gasteiger partial charge on any atom is 0.251 e. The van der Waals surface area contributed by atoms with Gasteiger partial charge in [0.25, 0.3) is 5.91 Å². The van der Waals surface area contributed by atoms with Gasteiger partial charge in [-0.2, -0.15) is 0 Å². The first-order chi connectivity index (χ1) is 11.6. The normalized spacial score (nSPS) is 19.7. The van der Waals surface area contributed by atoms with Crippen molar-refractivity contribution in [3.05, 3.63) is 35.6 Å². The van der Waals surface area contributed by atoms with Crippen LogP contribution in [0.5, 0.6) is 0 Å². The van der Waals surface area contributed by atoms with Crippen LogP contribution < -0.4 is 5.32 Å². The molecule has 1 fully saturated rings. The van der Waals surface area contributed by atoms with Gasteiger partial charge < -0.3 is 20.0 Å². The highest BCUT2D eigenvalue weighted by molar-refractivity contribution is 7.99. The Balaban J connectivity index is 1.93. The molecule has 0 aromatic heterocycles. The highest BCUT2D eigenvalue weighted by Crippen LogP contribution is 2.19. The Morgan fingerprint density at radius 1 is 1.50 bits per heavy atom. The van der Waals surface area contributed by atoms with Crippen molar-refractivity contribution < 1.29 is 23.8 Å². The predicted molar refractivity (Wildman–Crippen MR) is 89.4 cm³/mol. The SMILES string of the molecule is O=CC(CN1CCOCC1SCCO)NC(=O)c1ccc(F)cc1. The number of morpholine rings is 1. The van der Waals surface area contributed by atoms with Crippen LogP contribution in [0.4, 0.5) is 4.39 Å². The van der Waals surface area contributed by atoms with E-state index in [0.29, 0.717) is 43.9 Å². The molecule has 8 heteroatoms. The minimum atomic E-state index is -0.669. The number of ether oxygens (including phenoxy) is 1. The molecule has 0 saturated carbocycles. The average Bonchev–Trinajstić information content (AvgIpc) is 2.60. The lowest BCUT2D eigenvalue weighted by Gasteiger charge is -2.36. The maximum absolute atomic E-state index is 12.9. The number of rotatable bonds is 8. The van der Waals surface area contributed by atoms with Gasteiger partial charge in [0.1, 0.15) is 12.1 Å². The molecule has 132 valence electrons. The number of aliphatic hydroxyl groups excluding tert-OH is 1. The molecule has 0 spiro atoms. The van der Waals surface area contributed by atoms with Gasteiger partial charge in [-0.1, -0.05) is 0 Å². The summed E-state index contributed by atoms with van der Waals surface area (Å²) in [5, 5.41) is 11.6. The number of halogens is 1. The number of hydrogen-bond donors (Lipinski definition) is 2. The van der Waals surface area contributed by atoms with E-state index in [1.54, 1.807) is 11.8 Å². The third-order valence-electron chi connectivity index (χ3n) is 3.61. The number of hydrogen-bond acceptors (Lipinski definition) is 6. The molecule has 0 radical (unpaired) electrons. The highest BCUT2D eigenvalue weighted by atomic mass is 32.2. The number of thioether (sulfide) groups is 1. The summed E-state index contributed by atoms with van der Waals surface area (Å²) in [7, 11) is 0. The number of carbonyl (C=O) groups is 2. The monoisotopic (exact) mass is 356 g/mol. The Kier molecular flexibility index (Phi) is 7.64. The molecule has 1 aliphatic rings.